The lowest BCUT2D eigenvalue weighted by molar-refractivity contribution is 0.0673. The minimum Gasteiger partial charge on any atom is -0.396 e. The average molecular weight is 409 g/mol. The second kappa shape index (κ2) is 18.2. The van der Waals surface area contributed by atoms with Crippen LogP contribution in [0.25, 0.3) is 0 Å². The van der Waals surface area contributed by atoms with E-state index in [4.69, 9.17) is 5.11 Å². The van der Waals surface area contributed by atoms with E-state index in [2.05, 4.69) is 39.0 Å². The Kier molecular flexibility index (Phi) is 17.8. The zero-order valence-electron chi connectivity index (χ0n) is 20.4. The molecule has 0 radical (unpaired) electrons. The molecule has 29 heavy (non-hydrogen) atoms. The number of aliphatic hydroxyl groups excluding tert-OH is 1. The Hall–Kier alpha value is -0.600. The van der Waals surface area contributed by atoms with Gasteiger partial charge >= 0.3 is 0 Å². The Balaban J connectivity index is 4.60. The van der Waals surface area contributed by atoms with Crippen LogP contribution in [0, 0.1) is 11.8 Å². The van der Waals surface area contributed by atoms with Crippen molar-refractivity contribution in [2.45, 2.75) is 130 Å². The average Bonchev–Trinajstić information content (AvgIpc) is 2.66. The summed E-state index contributed by atoms with van der Waals surface area (Å²) in [5.41, 5.74) is 1.06. The molecular weight excluding hydrogens is 356 g/mol. The Morgan fingerprint density at radius 2 is 1.59 bits per heavy atom. The molecule has 2 unspecified atom stereocenters. The van der Waals surface area contributed by atoms with Crippen LogP contribution < -0.4 is 0 Å². The third-order valence-electron chi connectivity index (χ3n) is 6.10. The van der Waals surface area contributed by atoms with Gasteiger partial charge in [-0.3, -0.25) is 0 Å². The molecule has 0 saturated heterocycles. The molecular formula is C27H52O2. The van der Waals surface area contributed by atoms with Gasteiger partial charge in [-0.2, -0.15) is 0 Å². The van der Waals surface area contributed by atoms with E-state index in [1.54, 1.807) is 5.57 Å². The minimum atomic E-state index is -0.522. The van der Waals surface area contributed by atoms with E-state index in [1.807, 2.05) is 13.8 Å². The molecule has 0 amide bonds. The fraction of sp³-hybridized carbons (Fsp3) is 0.852. The molecule has 0 rings (SSSR count). The maximum absolute atomic E-state index is 9.95. The molecule has 2 nitrogen and oxygen atoms in total. The fourth-order valence-corrected chi connectivity index (χ4v) is 4.23. The van der Waals surface area contributed by atoms with Crippen molar-refractivity contribution in [2.24, 2.45) is 11.8 Å². The van der Waals surface area contributed by atoms with Crippen molar-refractivity contribution in [2.75, 3.05) is 6.61 Å². The largest absolute Gasteiger partial charge is 0.396 e. The van der Waals surface area contributed by atoms with Crippen LogP contribution in [0.3, 0.4) is 0 Å². The zero-order valence-corrected chi connectivity index (χ0v) is 20.4. The molecule has 0 bridgehead atoms. The summed E-state index contributed by atoms with van der Waals surface area (Å²) in [6.45, 7) is 11.1. The molecule has 2 atom stereocenters. The normalized spacial score (nSPS) is 15.2. The molecule has 0 saturated carbocycles. The van der Waals surface area contributed by atoms with E-state index in [0.717, 1.165) is 31.1 Å². The van der Waals surface area contributed by atoms with Crippen molar-refractivity contribution >= 4 is 0 Å². The number of hydrogen-bond donors (Lipinski definition) is 2. The molecule has 0 fully saturated rings. The zero-order chi connectivity index (χ0) is 22.0. The van der Waals surface area contributed by atoms with Crippen molar-refractivity contribution in [3.63, 3.8) is 0 Å². The van der Waals surface area contributed by atoms with Gasteiger partial charge in [-0.25, -0.2) is 0 Å². The summed E-state index contributed by atoms with van der Waals surface area (Å²) < 4.78 is 0. The summed E-state index contributed by atoms with van der Waals surface area (Å²) in [4.78, 5) is 0. The fourth-order valence-electron chi connectivity index (χ4n) is 4.23. The van der Waals surface area contributed by atoms with Crippen molar-refractivity contribution in [1.82, 2.24) is 0 Å². The SMILES string of the molecule is CCCCC/C(=C\C=C\CCO)CCCC(CCCCC(C)(C)O)C(C)CCC. The summed E-state index contributed by atoms with van der Waals surface area (Å²) in [6.07, 6.45) is 23.4. The van der Waals surface area contributed by atoms with Crippen LogP contribution in [0.2, 0.25) is 0 Å². The standard InChI is InChI=1S/C27H52O2/c1-6-8-10-17-25(18-11-9-14-23-28)19-15-21-26(24(3)16-7-2)20-12-13-22-27(4,5)29/h9,11,18,24,26,28-29H,6-8,10,12-17,19-23H2,1-5H3/b11-9+,25-18+. The van der Waals surface area contributed by atoms with Gasteiger partial charge in [0.15, 0.2) is 0 Å². The quantitative estimate of drug-likeness (QED) is 0.168. The second-order valence-corrected chi connectivity index (χ2v) is 9.70. The van der Waals surface area contributed by atoms with E-state index in [1.165, 1.54) is 70.6 Å². The van der Waals surface area contributed by atoms with Crippen molar-refractivity contribution in [1.29, 1.82) is 0 Å². The number of allylic oxidation sites excluding steroid dienone is 3. The monoisotopic (exact) mass is 408 g/mol. The van der Waals surface area contributed by atoms with Gasteiger partial charge in [-0.15, -0.1) is 0 Å². The molecule has 0 aliphatic heterocycles. The van der Waals surface area contributed by atoms with E-state index in [-0.39, 0.29) is 6.61 Å². The molecule has 0 aliphatic rings. The molecule has 0 aliphatic carbocycles. The van der Waals surface area contributed by atoms with Crippen LogP contribution in [-0.4, -0.2) is 22.4 Å². The second-order valence-electron chi connectivity index (χ2n) is 9.70. The predicted molar refractivity (Wildman–Crippen MR) is 129 cm³/mol. The Morgan fingerprint density at radius 3 is 2.21 bits per heavy atom. The third-order valence-corrected chi connectivity index (χ3v) is 6.10. The summed E-state index contributed by atoms with van der Waals surface area (Å²) >= 11 is 0. The lowest BCUT2D eigenvalue weighted by Gasteiger charge is -2.25. The first-order valence-electron chi connectivity index (χ1n) is 12.5. The van der Waals surface area contributed by atoms with Crippen LogP contribution in [0.1, 0.15) is 125 Å². The molecule has 0 spiro atoms. The van der Waals surface area contributed by atoms with Gasteiger partial charge in [0.05, 0.1) is 5.60 Å². The van der Waals surface area contributed by atoms with Gasteiger partial charge in [0.25, 0.3) is 0 Å². The summed E-state index contributed by atoms with van der Waals surface area (Å²) in [6, 6.07) is 0. The molecule has 0 aromatic carbocycles. The number of aliphatic hydroxyl groups is 2. The Bertz CT molecular complexity index is 417. The maximum Gasteiger partial charge on any atom is 0.0591 e. The van der Waals surface area contributed by atoms with E-state index < -0.39 is 5.60 Å². The van der Waals surface area contributed by atoms with E-state index in [9.17, 15) is 5.11 Å². The first-order valence-corrected chi connectivity index (χ1v) is 12.5. The number of rotatable bonds is 19. The van der Waals surface area contributed by atoms with Gasteiger partial charge in [0, 0.05) is 6.61 Å². The molecule has 0 aromatic rings. The lowest BCUT2D eigenvalue weighted by atomic mass is 9.81. The molecule has 172 valence electrons. The van der Waals surface area contributed by atoms with Gasteiger partial charge in [0.1, 0.15) is 0 Å². The first-order chi connectivity index (χ1) is 13.8. The summed E-state index contributed by atoms with van der Waals surface area (Å²) in [5.74, 6) is 1.62. The first kappa shape index (κ1) is 28.4. The smallest absolute Gasteiger partial charge is 0.0591 e. The van der Waals surface area contributed by atoms with E-state index >= 15 is 0 Å². The van der Waals surface area contributed by atoms with Gasteiger partial charge < -0.3 is 10.2 Å². The van der Waals surface area contributed by atoms with Crippen molar-refractivity contribution < 1.29 is 10.2 Å². The summed E-state index contributed by atoms with van der Waals surface area (Å²) in [7, 11) is 0. The summed E-state index contributed by atoms with van der Waals surface area (Å²) in [5, 5.41) is 18.9. The highest BCUT2D eigenvalue weighted by Crippen LogP contribution is 2.30. The van der Waals surface area contributed by atoms with Crippen LogP contribution in [-0.2, 0) is 0 Å². The molecule has 0 aromatic heterocycles. The maximum atomic E-state index is 9.95. The topological polar surface area (TPSA) is 40.5 Å². The highest BCUT2D eigenvalue weighted by atomic mass is 16.3. The van der Waals surface area contributed by atoms with Crippen molar-refractivity contribution in [3.05, 3.63) is 23.8 Å². The predicted octanol–water partition coefficient (Wildman–Crippen LogP) is 7.99. The van der Waals surface area contributed by atoms with Crippen LogP contribution in [0.5, 0.6) is 0 Å². The lowest BCUT2D eigenvalue weighted by Crippen LogP contribution is -2.18. The Labute approximate surface area is 182 Å². The number of hydrogen-bond acceptors (Lipinski definition) is 2. The van der Waals surface area contributed by atoms with E-state index in [0.29, 0.717) is 0 Å². The minimum absolute atomic E-state index is 0.236. The molecule has 0 heterocycles. The van der Waals surface area contributed by atoms with Crippen molar-refractivity contribution in [3.8, 4) is 0 Å². The van der Waals surface area contributed by atoms with Gasteiger partial charge in [-0.05, 0) is 70.6 Å². The van der Waals surface area contributed by atoms with Crippen LogP contribution >= 0.6 is 0 Å². The highest BCUT2D eigenvalue weighted by molar-refractivity contribution is 5.12. The van der Waals surface area contributed by atoms with Crippen LogP contribution in [0.15, 0.2) is 23.8 Å². The van der Waals surface area contributed by atoms with Gasteiger partial charge in [0.2, 0.25) is 0 Å². The van der Waals surface area contributed by atoms with Crippen LogP contribution in [0.4, 0.5) is 0 Å². The molecule has 2 N–H and O–H groups in total. The number of unbranched alkanes of at least 4 members (excludes halogenated alkanes) is 3. The highest BCUT2D eigenvalue weighted by Gasteiger charge is 2.18. The third kappa shape index (κ3) is 17.9. The van der Waals surface area contributed by atoms with Gasteiger partial charge in [-0.1, -0.05) is 89.5 Å². The Morgan fingerprint density at radius 1 is 0.897 bits per heavy atom. The molecule has 2 heteroatoms.